The molecule has 0 fully saturated rings. The van der Waals surface area contributed by atoms with Crippen molar-refractivity contribution in [2.75, 3.05) is 0 Å². The molecule has 1 aromatic heterocycles. The van der Waals surface area contributed by atoms with Crippen molar-refractivity contribution in [1.82, 2.24) is 4.98 Å². The second-order valence-corrected chi connectivity index (χ2v) is 4.68. The van der Waals surface area contributed by atoms with E-state index in [2.05, 4.69) is 4.98 Å². The molecule has 0 saturated carbocycles. The van der Waals surface area contributed by atoms with Crippen molar-refractivity contribution in [2.24, 2.45) is 0 Å². The Bertz CT molecular complexity index is 839. The van der Waals surface area contributed by atoms with Crippen molar-refractivity contribution in [3.63, 3.8) is 0 Å². The van der Waals surface area contributed by atoms with Crippen LogP contribution in [0.15, 0.2) is 42.6 Å². The molecular formula is C16H10F3NO. The highest BCUT2D eigenvalue weighted by molar-refractivity contribution is 6.08. The standard InChI is InChI=1S/C16H10F3NO/c17-11-4-2-6-13-15(11)10(8-20-13)14(21)7-9-3-1-5-12(18)16(9)19/h1-6,8,20H,7H2. The third-order valence-corrected chi connectivity index (χ3v) is 3.34. The fourth-order valence-corrected chi connectivity index (χ4v) is 2.31. The molecule has 0 amide bonds. The zero-order chi connectivity index (χ0) is 15.0. The molecule has 0 spiro atoms. The lowest BCUT2D eigenvalue weighted by atomic mass is 10.0. The van der Waals surface area contributed by atoms with E-state index in [1.807, 2.05) is 0 Å². The van der Waals surface area contributed by atoms with E-state index >= 15 is 0 Å². The van der Waals surface area contributed by atoms with Crippen LogP contribution in [0.25, 0.3) is 10.9 Å². The topological polar surface area (TPSA) is 32.9 Å². The van der Waals surface area contributed by atoms with Crippen LogP contribution in [0, 0.1) is 17.5 Å². The molecule has 3 aromatic rings. The van der Waals surface area contributed by atoms with Gasteiger partial charge in [0.05, 0.1) is 0 Å². The predicted octanol–water partition coefficient (Wildman–Crippen LogP) is 4.01. The van der Waals surface area contributed by atoms with Gasteiger partial charge in [-0.25, -0.2) is 13.2 Å². The molecule has 0 radical (unpaired) electrons. The minimum Gasteiger partial charge on any atom is -0.360 e. The van der Waals surface area contributed by atoms with Crippen molar-refractivity contribution >= 4 is 16.7 Å². The molecule has 0 aliphatic heterocycles. The number of halogens is 3. The number of fused-ring (bicyclic) bond motifs is 1. The quantitative estimate of drug-likeness (QED) is 0.726. The van der Waals surface area contributed by atoms with Gasteiger partial charge in [-0.05, 0) is 23.8 Å². The summed E-state index contributed by atoms with van der Waals surface area (Å²) in [6.45, 7) is 0. The summed E-state index contributed by atoms with van der Waals surface area (Å²) in [4.78, 5) is 15.0. The number of carbonyl (C=O) groups is 1. The van der Waals surface area contributed by atoms with E-state index in [9.17, 15) is 18.0 Å². The average Bonchev–Trinajstić information content (AvgIpc) is 2.89. The van der Waals surface area contributed by atoms with Crippen LogP contribution in [0.5, 0.6) is 0 Å². The van der Waals surface area contributed by atoms with Crippen LogP contribution in [0.2, 0.25) is 0 Å². The maximum Gasteiger partial charge on any atom is 0.169 e. The number of hydrogen-bond acceptors (Lipinski definition) is 1. The van der Waals surface area contributed by atoms with Crippen molar-refractivity contribution < 1.29 is 18.0 Å². The van der Waals surface area contributed by atoms with Crippen LogP contribution in [0.3, 0.4) is 0 Å². The largest absolute Gasteiger partial charge is 0.360 e. The van der Waals surface area contributed by atoms with Gasteiger partial charge in [-0.3, -0.25) is 4.79 Å². The summed E-state index contributed by atoms with van der Waals surface area (Å²) in [5.74, 6) is -3.07. The number of rotatable bonds is 3. The van der Waals surface area contributed by atoms with Gasteiger partial charge in [0, 0.05) is 29.1 Å². The Morgan fingerprint density at radius 1 is 1.00 bits per heavy atom. The molecule has 5 heteroatoms. The summed E-state index contributed by atoms with van der Waals surface area (Å²) < 4.78 is 40.5. The highest BCUT2D eigenvalue weighted by atomic mass is 19.2. The van der Waals surface area contributed by atoms with Crippen LogP contribution < -0.4 is 0 Å². The van der Waals surface area contributed by atoms with Crippen LogP contribution in [-0.4, -0.2) is 10.8 Å². The Kier molecular flexibility index (Phi) is 3.25. The summed E-state index contributed by atoms with van der Waals surface area (Å²) in [7, 11) is 0. The normalized spacial score (nSPS) is 11.0. The molecule has 21 heavy (non-hydrogen) atoms. The van der Waals surface area contributed by atoms with E-state index in [1.165, 1.54) is 30.5 Å². The van der Waals surface area contributed by atoms with Crippen molar-refractivity contribution in [3.8, 4) is 0 Å². The minimum absolute atomic E-state index is 0.0503. The van der Waals surface area contributed by atoms with Crippen molar-refractivity contribution in [2.45, 2.75) is 6.42 Å². The maximum absolute atomic E-state index is 13.8. The molecule has 0 aliphatic rings. The summed E-state index contributed by atoms with van der Waals surface area (Å²) in [5, 5.41) is 0.166. The van der Waals surface area contributed by atoms with E-state index < -0.39 is 23.2 Å². The van der Waals surface area contributed by atoms with Gasteiger partial charge in [-0.1, -0.05) is 18.2 Å². The third-order valence-electron chi connectivity index (χ3n) is 3.34. The van der Waals surface area contributed by atoms with Crippen molar-refractivity contribution in [1.29, 1.82) is 0 Å². The molecule has 3 rings (SSSR count). The lowest BCUT2D eigenvalue weighted by molar-refractivity contribution is 0.0993. The zero-order valence-electron chi connectivity index (χ0n) is 10.8. The summed E-state index contributed by atoms with van der Waals surface area (Å²) in [6, 6.07) is 8.05. The molecule has 0 unspecified atom stereocenters. The molecule has 1 heterocycles. The van der Waals surface area contributed by atoms with Crippen LogP contribution in [0.1, 0.15) is 15.9 Å². The van der Waals surface area contributed by atoms with E-state index in [-0.39, 0.29) is 22.9 Å². The van der Waals surface area contributed by atoms with Gasteiger partial charge in [0.2, 0.25) is 0 Å². The number of aromatic nitrogens is 1. The number of nitrogens with one attached hydrogen (secondary N) is 1. The SMILES string of the molecule is O=C(Cc1cccc(F)c1F)c1c[nH]c2cccc(F)c12. The molecule has 0 saturated heterocycles. The summed E-state index contributed by atoms with van der Waals surface area (Å²) >= 11 is 0. The second-order valence-electron chi connectivity index (χ2n) is 4.68. The number of H-pyrrole nitrogens is 1. The maximum atomic E-state index is 13.8. The first kappa shape index (κ1) is 13.4. The minimum atomic E-state index is -1.05. The molecule has 2 nitrogen and oxygen atoms in total. The Morgan fingerprint density at radius 2 is 1.71 bits per heavy atom. The molecule has 1 N–H and O–H groups in total. The smallest absolute Gasteiger partial charge is 0.169 e. The summed E-state index contributed by atoms with van der Waals surface area (Å²) in [5.41, 5.74) is 0.565. The van der Waals surface area contributed by atoms with Gasteiger partial charge in [-0.2, -0.15) is 0 Å². The monoisotopic (exact) mass is 289 g/mol. The molecule has 0 atom stereocenters. The number of Topliss-reactive ketones (excluding diaryl/α,β-unsaturated/α-hetero) is 1. The lowest BCUT2D eigenvalue weighted by Crippen LogP contribution is -2.06. The molecule has 0 aliphatic carbocycles. The number of aromatic amines is 1. The highest BCUT2D eigenvalue weighted by Crippen LogP contribution is 2.23. The first-order valence-electron chi connectivity index (χ1n) is 6.29. The lowest BCUT2D eigenvalue weighted by Gasteiger charge is -2.03. The highest BCUT2D eigenvalue weighted by Gasteiger charge is 2.18. The van der Waals surface area contributed by atoms with Crippen molar-refractivity contribution in [3.05, 3.63) is 71.2 Å². The van der Waals surface area contributed by atoms with Gasteiger partial charge in [0.25, 0.3) is 0 Å². The fraction of sp³-hybridized carbons (Fsp3) is 0.0625. The molecular weight excluding hydrogens is 279 g/mol. The predicted molar refractivity (Wildman–Crippen MR) is 72.6 cm³/mol. The van der Waals surface area contributed by atoms with Gasteiger partial charge >= 0.3 is 0 Å². The van der Waals surface area contributed by atoms with Gasteiger partial charge < -0.3 is 4.98 Å². The number of hydrogen-bond donors (Lipinski definition) is 1. The van der Waals surface area contributed by atoms with Gasteiger partial charge in [-0.15, -0.1) is 0 Å². The third kappa shape index (κ3) is 2.31. The molecule has 0 bridgehead atoms. The van der Waals surface area contributed by atoms with E-state index in [0.29, 0.717) is 5.52 Å². The zero-order valence-corrected chi connectivity index (χ0v) is 10.8. The van der Waals surface area contributed by atoms with E-state index in [4.69, 9.17) is 0 Å². The van der Waals surface area contributed by atoms with Crippen LogP contribution in [0.4, 0.5) is 13.2 Å². The fourth-order valence-electron chi connectivity index (χ4n) is 2.31. The van der Waals surface area contributed by atoms with Gasteiger partial charge in [0.1, 0.15) is 5.82 Å². The Balaban J connectivity index is 2.00. The molecule has 106 valence electrons. The Hall–Kier alpha value is -2.56. The number of benzene rings is 2. The first-order chi connectivity index (χ1) is 10.1. The van der Waals surface area contributed by atoms with Gasteiger partial charge in [0.15, 0.2) is 17.4 Å². The Morgan fingerprint density at radius 3 is 2.52 bits per heavy atom. The Labute approximate surface area is 118 Å². The second kappa shape index (κ2) is 5.09. The van der Waals surface area contributed by atoms with E-state index in [0.717, 1.165) is 6.07 Å². The number of ketones is 1. The van der Waals surface area contributed by atoms with Crippen LogP contribution >= 0.6 is 0 Å². The molecule has 2 aromatic carbocycles. The van der Waals surface area contributed by atoms with Crippen LogP contribution in [-0.2, 0) is 6.42 Å². The number of carbonyl (C=O) groups excluding carboxylic acids is 1. The summed E-state index contributed by atoms with van der Waals surface area (Å²) in [6.07, 6.45) is 1.05. The average molecular weight is 289 g/mol. The first-order valence-corrected chi connectivity index (χ1v) is 6.29. The van der Waals surface area contributed by atoms with E-state index in [1.54, 1.807) is 6.07 Å².